The van der Waals surface area contributed by atoms with Crippen molar-refractivity contribution >= 4 is 29.2 Å². The number of benzene rings is 2. The summed E-state index contributed by atoms with van der Waals surface area (Å²) in [6.45, 7) is 3.66. The van der Waals surface area contributed by atoms with Gasteiger partial charge in [-0.25, -0.2) is 4.39 Å². The number of guanidine groups is 1. The summed E-state index contributed by atoms with van der Waals surface area (Å²) in [4.78, 5) is 16.6. The van der Waals surface area contributed by atoms with Crippen LogP contribution >= 0.6 is 11.6 Å². The minimum atomic E-state index is -0.305. The van der Waals surface area contributed by atoms with E-state index in [9.17, 15) is 9.18 Å². The highest BCUT2D eigenvalue weighted by Crippen LogP contribution is 2.31. The second kappa shape index (κ2) is 9.55. The number of carbonyl (C=O) groups is 1. The lowest BCUT2D eigenvalue weighted by Gasteiger charge is -2.24. The number of nitrogens with zero attached hydrogens (tertiary/aromatic N) is 1. The number of rotatable bonds is 6. The molecule has 1 aliphatic heterocycles. The number of halogens is 2. The monoisotopic (exact) mass is 402 g/mol. The van der Waals surface area contributed by atoms with Gasteiger partial charge in [0.1, 0.15) is 5.82 Å². The van der Waals surface area contributed by atoms with Gasteiger partial charge in [-0.05, 0) is 37.1 Å². The number of anilines is 1. The fraction of sp³-hybridized carbons (Fsp3) is 0.333. The summed E-state index contributed by atoms with van der Waals surface area (Å²) < 4.78 is 13.9. The summed E-state index contributed by atoms with van der Waals surface area (Å²) in [6, 6.07) is 12.5. The largest absolute Gasteiger partial charge is 0.357 e. The molecule has 1 aliphatic rings. The van der Waals surface area contributed by atoms with Crippen LogP contribution in [0.4, 0.5) is 10.1 Å². The molecule has 5 nitrogen and oxygen atoms in total. The van der Waals surface area contributed by atoms with Gasteiger partial charge in [0.2, 0.25) is 5.91 Å². The molecule has 0 radical (unpaired) electrons. The molecule has 3 rings (SSSR count). The fourth-order valence-corrected chi connectivity index (χ4v) is 3.54. The molecule has 7 heteroatoms. The van der Waals surface area contributed by atoms with Crippen LogP contribution in [-0.2, 0) is 11.2 Å². The Kier molecular flexibility index (Phi) is 6.87. The van der Waals surface area contributed by atoms with Gasteiger partial charge in [0.05, 0.1) is 6.54 Å². The first-order valence-corrected chi connectivity index (χ1v) is 9.80. The highest BCUT2D eigenvalue weighted by atomic mass is 35.5. The average molecular weight is 403 g/mol. The van der Waals surface area contributed by atoms with E-state index in [0.717, 1.165) is 11.3 Å². The molecule has 1 unspecified atom stereocenters. The number of aliphatic imine (C=N–C) groups is 1. The number of hydrogen-bond donors (Lipinski definition) is 3. The summed E-state index contributed by atoms with van der Waals surface area (Å²) >= 11 is 6.08. The van der Waals surface area contributed by atoms with Gasteiger partial charge in [0.15, 0.2) is 5.96 Å². The molecule has 1 atom stereocenters. The normalized spacial score (nSPS) is 16.3. The summed E-state index contributed by atoms with van der Waals surface area (Å²) in [5.41, 5.74) is 2.44. The van der Waals surface area contributed by atoms with Crippen molar-refractivity contribution in [2.24, 2.45) is 4.99 Å². The van der Waals surface area contributed by atoms with Gasteiger partial charge in [-0.3, -0.25) is 9.79 Å². The first-order valence-electron chi connectivity index (χ1n) is 9.42. The molecule has 1 amide bonds. The Morgan fingerprint density at radius 1 is 1.25 bits per heavy atom. The SMILES string of the molecule is CCNC(=NCC1CC(=O)Nc2ccccc21)NCCc1c(F)cccc1Cl. The molecule has 0 aliphatic carbocycles. The van der Waals surface area contributed by atoms with Crippen molar-refractivity contribution in [2.75, 3.05) is 25.0 Å². The Hall–Kier alpha value is -2.60. The Bertz CT molecular complexity index is 851. The number of hydrogen-bond acceptors (Lipinski definition) is 2. The Morgan fingerprint density at radius 3 is 2.86 bits per heavy atom. The average Bonchev–Trinajstić information content (AvgIpc) is 2.68. The van der Waals surface area contributed by atoms with Crippen molar-refractivity contribution in [3.05, 3.63) is 64.4 Å². The minimum Gasteiger partial charge on any atom is -0.357 e. The molecule has 0 bridgehead atoms. The van der Waals surface area contributed by atoms with E-state index in [-0.39, 0.29) is 17.6 Å². The lowest BCUT2D eigenvalue weighted by atomic mass is 9.91. The van der Waals surface area contributed by atoms with E-state index in [1.165, 1.54) is 6.07 Å². The Balaban J connectivity index is 1.64. The van der Waals surface area contributed by atoms with Crippen molar-refractivity contribution in [2.45, 2.75) is 25.7 Å². The van der Waals surface area contributed by atoms with Crippen LogP contribution in [0.5, 0.6) is 0 Å². The van der Waals surface area contributed by atoms with Gasteiger partial charge < -0.3 is 16.0 Å². The molecule has 3 N–H and O–H groups in total. The lowest BCUT2D eigenvalue weighted by molar-refractivity contribution is -0.116. The molecule has 2 aromatic rings. The van der Waals surface area contributed by atoms with Crippen molar-refractivity contribution in [3.63, 3.8) is 0 Å². The van der Waals surface area contributed by atoms with Crippen molar-refractivity contribution in [1.29, 1.82) is 0 Å². The predicted octanol–water partition coefficient (Wildman–Crippen LogP) is 3.70. The third-order valence-corrected chi connectivity index (χ3v) is 5.00. The van der Waals surface area contributed by atoms with Crippen LogP contribution in [0.3, 0.4) is 0 Å². The minimum absolute atomic E-state index is 0.00561. The predicted molar refractivity (Wildman–Crippen MR) is 112 cm³/mol. The quantitative estimate of drug-likeness (QED) is 0.510. The molecule has 0 saturated carbocycles. The zero-order chi connectivity index (χ0) is 19.9. The molecule has 28 heavy (non-hydrogen) atoms. The van der Waals surface area contributed by atoms with E-state index < -0.39 is 0 Å². The molecule has 2 aromatic carbocycles. The van der Waals surface area contributed by atoms with Gasteiger partial charge in [-0.1, -0.05) is 35.9 Å². The highest BCUT2D eigenvalue weighted by Gasteiger charge is 2.24. The van der Waals surface area contributed by atoms with Crippen LogP contribution in [0, 0.1) is 5.82 Å². The van der Waals surface area contributed by atoms with Crippen LogP contribution in [0.2, 0.25) is 5.02 Å². The Morgan fingerprint density at radius 2 is 2.07 bits per heavy atom. The maximum atomic E-state index is 13.9. The Labute approximate surface area is 169 Å². The zero-order valence-corrected chi connectivity index (χ0v) is 16.5. The summed E-state index contributed by atoms with van der Waals surface area (Å²) in [5.74, 6) is 0.368. The van der Waals surface area contributed by atoms with Crippen molar-refractivity contribution in [3.8, 4) is 0 Å². The van der Waals surface area contributed by atoms with Crippen LogP contribution in [0.1, 0.15) is 30.4 Å². The van der Waals surface area contributed by atoms with E-state index in [4.69, 9.17) is 11.6 Å². The third-order valence-electron chi connectivity index (χ3n) is 4.65. The van der Waals surface area contributed by atoms with Crippen LogP contribution in [0.15, 0.2) is 47.5 Å². The maximum Gasteiger partial charge on any atom is 0.225 e. The number of carbonyl (C=O) groups excluding carboxylic acids is 1. The highest BCUT2D eigenvalue weighted by molar-refractivity contribution is 6.31. The number of fused-ring (bicyclic) bond motifs is 1. The van der Waals surface area contributed by atoms with E-state index in [1.54, 1.807) is 12.1 Å². The van der Waals surface area contributed by atoms with Gasteiger partial charge in [0, 0.05) is 41.7 Å². The first kappa shape index (κ1) is 20.1. The molecule has 148 valence electrons. The van der Waals surface area contributed by atoms with E-state index in [1.807, 2.05) is 31.2 Å². The first-order chi connectivity index (χ1) is 13.6. The molecule has 0 saturated heterocycles. The van der Waals surface area contributed by atoms with Crippen LogP contribution in [-0.4, -0.2) is 31.5 Å². The summed E-state index contributed by atoms with van der Waals surface area (Å²) in [6.07, 6.45) is 0.856. The number of nitrogens with one attached hydrogen (secondary N) is 3. The smallest absolute Gasteiger partial charge is 0.225 e. The molecule has 0 fully saturated rings. The number of amides is 1. The van der Waals surface area contributed by atoms with Gasteiger partial charge in [-0.15, -0.1) is 0 Å². The molecule has 0 spiro atoms. The number of para-hydroxylation sites is 1. The van der Waals surface area contributed by atoms with Gasteiger partial charge in [-0.2, -0.15) is 0 Å². The lowest BCUT2D eigenvalue weighted by Crippen LogP contribution is -2.39. The molecule has 0 aromatic heterocycles. The van der Waals surface area contributed by atoms with Gasteiger partial charge in [0.25, 0.3) is 0 Å². The van der Waals surface area contributed by atoms with Crippen molar-refractivity contribution in [1.82, 2.24) is 10.6 Å². The van der Waals surface area contributed by atoms with E-state index >= 15 is 0 Å². The summed E-state index contributed by atoms with van der Waals surface area (Å²) in [7, 11) is 0. The molecular weight excluding hydrogens is 379 g/mol. The molecule has 1 heterocycles. The summed E-state index contributed by atoms with van der Waals surface area (Å²) in [5, 5.41) is 9.72. The van der Waals surface area contributed by atoms with E-state index in [2.05, 4.69) is 20.9 Å². The van der Waals surface area contributed by atoms with Gasteiger partial charge >= 0.3 is 0 Å². The van der Waals surface area contributed by atoms with Crippen molar-refractivity contribution < 1.29 is 9.18 Å². The third kappa shape index (κ3) is 5.01. The fourth-order valence-electron chi connectivity index (χ4n) is 3.29. The molecular formula is C21H24ClFN4O. The zero-order valence-electron chi connectivity index (χ0n) is 15.8. The second-order valence-electron chi connectivity index (χ2n) is 6.63. The van der Waals surface area contributed by atoms with Crippen LogP contribution in [0.25, 0.3) is 0 Å². The topological polar surface area (TPSA) is 65.5 Å². The van der Waals surface area contributed by atoms with E-state index in [0.29, 0.717) is 49.0 Å². The maximum absolute atomic E-state index is 13.9. The van der Waals surface area contributed by atoms with Crippen LogP contribution < -0.4 is 16.0 Å². The standard InChI is InChI=1S/C21H24ClFN4O/c1-2-24-21(25-11-10-16-17(22)7-5-8-18(16)23)26-13-14-12-20(28)27-19-9-4-3-6-15(14)19/h3-9,14H,2,10-13H2,1H3,(H,27,28)(H2,24,25,26). The second-order valence-corrected chi connectivity index (χ2v) is 7.04.